The van der Waals surface area contributed by atoms with Crippen molar-refractivity contribution in [1.29, 1.82) is 0 Å². The van der Waals surface area contributed by atoms with Gasteiger partial charge in [0.1, 0.15) is 0 Å². The van der Waals surface area contributed by atoms with Crippen molar-refractivity contribution in [2.45, 2.75) is 63.4 Å². The molecule has 0 radical (unpaired) electrons. The average Bonchev–Trinajstić information content (AvgIpc) is 2.82. The molecule has 1 aliphatic heterocycles. The summed E-state index contributed by atoms with van der Waals surface area (Å²) in [6.07, 6.45) is -0.616. The molecule has 0 aromatic heterocycles. The largest absolute Gasteiger partial charge is 0.394 e. The van der Waals surface area contributed by atoms with Crippen LogP contribution < -0.4 is 0 Å². The molecule has 2 rings (SSSR count). The zero-order valence-corrected chi connectivity index (χ0v) is 15.7. The zero-order valence-electron chi connectivity index (χ0n) is 14.9. The van der Waals surface area contributed by atoms with E-state index in [1.807, 2.05) is 52.0 Å². The highest BCUT2D eigenvalue weighted by molar-refractivity contribution is 7.93. The molecule has 24 heavy (non-hydrogen) atoms. The van der Waals surface area contributed by atoms with E-state index in [0.29, 0.717) is 11.3 Å². The SMILES string of the molecule is Cc1ccc(S(=O)(C[C@H]2C[C@H](O)[C@@H](C)O2)=N[C@H](CO)C(C)C)cc1. The topological polar surface area (TPSA) is 79.1 Å². The van der Waals surface area contributed by atoms with Gasteiger partial charge in [-0.1, -0.05) is 31.5 Å². The second kappa shape index (κ2) is 7.95. The van der Waals surface area contributed by atoms with Crippen molar-refractivity contribution in [3.63, 3.8) is 0 Å². The van der Waals surface area contributed by atoms with Gasteiger partial charge in [-0.3, -0.25) is 0 Å². The van der Waals surface area contributed by atoms with Crippen LogP contribution in [-0.4, -0.2) is 51.1 Å². The van der Waals surface area contributed by atoms with Crippen LogP contribution in [0, 0.1) is 12.8 Å². The highest BCUT2D eigenvalue weighted by Gasteiger charge is 2.34. The summed E-state index contributed by atoms with van der Waals surface area (Å²) < 4.78 is 24.0. The first-order valence-corrected chi connectivity index (χ1v) is 10.2. The molecule has 0 bridgehead atoms. The monoisotopic (exact) mass is 355 g/mol. The van der Waals surface area contributed by atoms with E-state index in [4.69, 9.17) is 4.74 Å². The lowest BCUT2D eigenvalue weighted by Gasteiger charge is -2.20. The highest BCUT2D eigenvalue weighted by Crippen LogP contribution is 2.26. The van der Waals surface area contributed by atoms with E-state index in [2.05, 4.69) is 4.36 Å². The minimum atomic E-state index is -2.74. The maximum atomic E-state index is 13.7. The molecule has 1 aliphatic rings. The van der Waals surface area contributed by atoms with Gasteiger partial charge in [0.25, 0.3) is 0 Å². The van der Waals surface area contributed by atoms with E-state index in [-0.39, 0.29) is 36.5 Å². The summed E-state index contributed by atoms with van der Waals surface area (Å²) in [6, 6.07) is 7.12. The number of benzene rings is 1. The molecule has 1 aromatic rings. The van der Waals surface area contributed by atoms with Gasteiger partial charge < -0.3 is 14.9 Å². The number of aliphatic hydroxyl groups excluding tert-OH is 2. The lowest BCUT2D eigenvalue weighted by Crippen LogP contribution is -2.26. The number of ether oxygens (including phenoxy) is 1. The van der Waals surface area contributed by atoms with Gasteiger partial charge >= 0.3 is 0 Å². The molecule has 0 aliphatic carbocycles. The van der Waals surface area contributed by atoms with E-state index < -0.39 is 15.8 Å². The smallest absolute Gasteiger partial charge is 0.0850 e. The summed E-state index contributed by atoms with van der Waals surface area (Å²) in [7, 11) is -2.74. The Kier molecular flexibility index (Phi) is 6.42. The molecular weight excluding hydrogens is 326 g/mol. The van der Waals surface area contributed by atoms with Gasteiger partial charge in [0, 0.05) is 11.3 Å². The molecule has 1 saturated heterocycles. The molecular formula is C18H29NO4S. The summed E-state index contributed by atoms with van der Waals surface area (Å²) in [5, 5.41) is 19.5. The quantitative estimate of drug-likeness (QED) is 0.821. The molecule has 2 N–H and O–H groups in total. The first-order valence-electron chi connectivity index (χ1n) is 8.50. The summed E-state index contributed by atoms with van der Waals surface area (Å²) in [4.78, 5) is 0.657. The van der Waals surface area contributed by atoms with Gasteiger partial charge in [-0.25, -0.2) is 8.57 Å². The average molecular weight is 356 g/mol. The van der Waals surface area contributed by atoms with E-state index >= 15 is 0 Å². The van der Waals surface area contributed by atoms with Crippen molar-refractivity contribution < 1.29 is 19.2 Å². The molecule has 136 valence electrons. The third-order valence-electron chi connectivity index (χ3n) is 4.52. The molecule has 0 amide bonds. The fraction of sp³-hybridized carbons (Fsp3) is 0.667. The lowest BCUT2D eigenvalue weighted by atomic mass is 10.1. The van der Waals surface area contributed by atoms with E-state index in [1.54, 1.807) is 0 Å². The second-order valence-electron chi connectivity index (χ2n) is 6.99. The molecule has 6 heteroatoms. The maximum absolute atomic E-state index is 13.7. The van der Waals surface area contributed by atoms with Crippen molar-refractivity contribution in [3.05, 3.63) is 29.8 Å². The van der Waals surface area contributed by atoms with Crippen LogP contribution in [0.25, 0.3) is 0 Å². The van der Waals surface area contributed by atoms with Crippen molar-refractivity contribution in [2.24, 2.45) is 10.3 Å². The van der Waals surface area contributed by atoms with Gasteiger partial charge in [-0.05, 0) is 31.9 Å². The fourth-order valence-electron chi connectivity index (χ4n) is 2.81. The maximum Gasteiger partial charge on any atom is 0.0850 e. The van der Waals surface area contributed by atoms with E-state index in [9.17, 15) is 14.4 Å². The predicted molar refractivity (Wildman–Crippen MR) is 95.6 cm³/mol. The Morgan fingerprint density at radius 3 is 2.42 bits per heavy atom. The van der Waals surface area contributed by atoms with Crippen LogP contribution >= 0.6 is 0 Å². The number of aryl methyl sites for hydroxylation is 1. The molecule has 5 atom stereocenters. The summed E-state index contributed by atoms with van der Waals surface area (Å²) >= 11 is 0. The highest BCUT2D eigenvalue weighted by atomic mass is 32.2. The Morgan fingerprint density at radius 1 is 1.33 bits per heavy atom. The number of hydrogen-bond acceptors (Lipinski definition) is 5. The van der Waals surface area contributed by atoms with Crippen LogP contribution in [0.4, 0.5) is 0 Å². The Balaban J connectivity index is 2.39. The molecule has 5 nitrogen and oxygen atoms in total. The number of rotatable bonds is 6. The summed E-state index contributed by atoms with van der Waals surface area (Å²) in [5.74, 6) is 0.330. The summed E-state index contributed by atoms with van der Waals surface area (Å²) in [6.45, 7) is 7.57. The number of aliphatic hydroxyl groups is 2. The van der Waals surface area contributed by atoms with Crippen LogP contribution in [0.1, 0.15) is 32.8 Å². The van der Waals surface area contributed by atoms with Gasteiger partial charge in [0.05, 0.1) is 46.4 Å². The molecule has 1 aromatic carbocycles. The zero-order chi connectivity index (χ0) is 17.9. The van der Waals surface area contributed by atoms with Crippen LogP contribution in [0.3, 0.4) is 0 Å². The minimum Gasteiger partial charge on any atom is -0.394 e. The van der Waals surface area contributed by atoms with Crippen LogP contribution in [-0.2, 0) is 14.5 Å². The number of nitrogens with zero attached hydrogens (tertiary/aromatic N) is 1. The van der Waals surface area contributed by atoms with Crippen molar-refractivity contribution >= 4 is 9.73 Å². The Labute approximate surface area is 145 Å². The Hall–Kier alpha value is -0.950. The molecule has 1 fully saturated rings. The first-order chi connectivity index (χ1) is 11.2. The minimum absolute atomic E-state index is 0.0929. The van der Waals surface area contributed by atoms with Crippen LogP contribution in [0.15, 0.2) is 33.5 Å². The van der Waals surface area contributed by atoms with Crippen molar-refractivity contribution in [1.82, 2.24) is 0 Å². The molecule has 0 saturated carbocycles. The fourth-order valence-corrected chi connectivity index (χ4v) is 5.23. The van der Waals surface area contributed by atoms with Crippen LogP contribution in [0.2, 0.25) is 0 Å². The number of hydrogen-bond donors (Lipinski definition) is 2. The summed E-state index contributed by atoms with van der Waals surface area (Å²) in [5.41, 5.74) is 1.09. The normalized spacial score (nSPS) is 27.9. The third kappa shape index (κ3) is 4.57. The Bertz CT molecular complexity index is 639. The van der Waals surface area contributed by atoms with E-state index in [1.165, 1.54) is 0 Å². The van der Waals surface area contributed by atoms with Crippen molar-refractivity contribution in [2.75, 3.05) is 12.4 Å². The predicted octanol–water partition coefficient (Wildman–Crippen LogP) is 2.38. The van der Waals surface area contributed by atoms with Crippen molar-refractivity contribution in [3.8, 4) is 0 Å². The third-order valence-corrected chi connectivity index (χ3v) is 6.96. The standard InChI is InChI=1S/C18H29NO4S/c1-12(2)17(10-20)19-24(22,16-7-5-13(3)6-8-16)11-15-9-18(21)14(4)23-15/h5-8,12,14-15,17-18,20-21H,9-11H2,1-4H3/t14-,15-,17-,18+,24?/m1/s1. The molecule has 1 heterocycles. The Morgan fingerprint density at radius 2 is 1.96 bits per heavy atom. The first kappa shape index (κ1) is 19.4. The van der Waals surface area contributed by atoms with Gasteiger partial charge in [-0.2, -0.15) is 0 Å². The second-order valence-corrected chi connectivity index (χ2v) is 9.28. The van der Waals surface area contributed by atoms with Gasteiger partial charge in [-0.15, -0.1) is 0 Å². The van der Waals surface area contributed by atoms with Gasteiger partial charge in [0.2, 0.25) is 0 Å². The van der Waals surface area contributed by atoms with Crippen LogP contribution in [0.5, 0.6) is 0 Å². The van der Waals surface area contributed by atoms with E-state index in [0.717, 1.165) is 5.56 Å². The van der Waals surface area contributed by atoms with Gasteiger partial charge in [0.15, 0.2) is 0 Å². The molecule has 1 unspecified atom stereocenters. The molecule has 0 spiro atoms. The lowest BCUT2D eigenvalue weighted by molar-refractivity contribution is 0.0298.